The Bertz CT molecular complexity index is 463. The van der Waals surface area contributed by atoms with Gasteiger partial charge in [-0.2, -0.15) is 0 Å². The largest absolute Gasteiger partial charge is 0.336 e. The molecule has 104 valence electrons. The second-order valence-corrected chi connectivity index (χ2v) is 5.51. The second kappa shape index (κ2) is 5.70. The van der Waals surface area contributed by atoms with Crippen molar-refractivity contribution < 1.29 is 9.18 Å². The molecule has 19 heavy (non-hydrogen) atoms. The number of benzene rings is 1. The quantitative estimate of drug-likeness (QED) is 0.908. The van der Waals surface area contributed by atoms with Gasteiger partial charge in [0.25, 0.3) is 0 Å². The zero-order valence-electron chi connectivity index (χ0n) is 11.4. The molecule has 1 fully saturated rings. The normalized spacial score (nSPS) is 23.4. The molecule has 0 aliphatic carbocycles. The van der Waals surface area contributed by atoms with Crippen LogP contribution in [0.25, 0.3) is 0 Å². The lowest BCUT2D eigenvalue weighted by Gasteiger charge is -2.44. The summed E-state index contributed by atoms with van der Waals surface area (Å²) in [6, 6.07) is 6.22. The summed E-state index contributed by atoms with van der Waals surface area (Å²) < 4.78 is 13.1. The molecule has 1 aliphatic rings. The molecule has 1 aromatic carbocycles. The number of hydrogen-bond donors (Lipinski definition) is 1. The Kier molecular flexibility index (Phi) is 4.20. The number of likely N-dealkylation sites (tertiary alicyclic amines) is 1. The standard InChI is InChI=1S/C15H21FN2O/c1-15(11-17)7-2-3-8-18(15)14(19)10-12-5-4-6-13(16)9-12/h4-6,9H,2-3,7-8,10-11,17H2,1H3. The number of rotatable bonds is 3. The highest BCUT2D eigenvalue weighted by molar-refractivity contribution is 5.79. The number of nitrogens with two attached hydrogens (primary N) is 1. The number of amides is 1. The predicted molar refractivity (Wildman–Crippen MR) is 73.1 cm³/mol. The molecule has 3 nitrogen and oxygen atoms in total. The third kappa shape index (κ3) is 3.13. The van der Waals surface area contributed by atoms with Crippen molar-refractivity contribution in [1.29, 1.82) is 0 Å². The van der Waals surface area contributed by atoms with Gasteiger partial charge < -0.3 is 10.6 Å². The van der Waals surface area contributed by atoms with Crippen molar-refractivity contribution in [2.75, 3.05) is 13.1 Å². The zero-order valence-corrected chi connectivity index (χ0v) is 11.4. The van der Waals surface area contributed by atoms with Crippen molar-refractivity contribution in [3.8, 4) is 0 Å². The number of nitrogens with zero attached hydrogens (tertiary/aromatic N) is 1. The van der Waals surface area contributed by atoms with Gasteiger partial charge in [0.1, 0.15) is 5.82 Å². The Labute approximate surface area is 113 Å². The smallest absolute Gasteiger partial charge is 0.227 e. The van der Waals surface area contributed by atoms with Crippen molar-refractivity contribution in [1.82, 2.24) is 4.90 Å². The van der Waals surface area contributed by atoms with Gasteiger partial charge in [-0.05, 0) is 43.9 Å². The molecule has 0 saturated carbocycles. The van der Waals surface area contributed by atoms with Gasteiger partial charge >= 0.3 is 0 Å². The van der Waals surface area contributed by atoms with E-state index < -0.39 is 0 Å². The molecular formula is C15H21FN2O. The molecule has 1 aromatic rings. The maximum Gasteiger partial charge on any atom is 0.227 e. The fourth-order valence-electron chi connectivity index (χ4n) is 2.74. The molecule has 1 unspecified atom stereocenters. The van der Waals surface area contributed by atoms with Crippen molar-refractivity contribution in [3.05, 3.63) is 35.6 Å². The van der Waals surface area contributed by atoms with E-state index in [0.717, 1.165) is 31.4 Å². The van der Waals surface area contributed by atoms with Gasteiger partial charge in [0.2, 0.25) is 5.91 Å². The van der Waals surface area contributed by atoms with E-state index in [4.69, 9.17) is 5.73 Å². The van der Waals surface area contributed by atoms with E-state index in [2.05, 4.69) is 0 Å². The number of hydrogen-bond acceptors (Lipinski definition) is 2. The zero-order chi connectivity index (χ0) is 13.9. The minimum atomic E-state index is -0.300. The molecule has 2 N–H and O–H groups in total. The molecule has 1 aliphatic heterocycles. The molecule has 1 heterocycles. The summed E-state index contributed by atoms with van der Waals surface area (Å²) in [5, 5.41) is 0. The fourth-order valence-corrected chi connectivity index (χ4v) is 2.74. The van der Waals surface area contributed by atoms with Gasteiger partial charge in [0, 0.05) is 13.1 Å². The lowest BCUT2D eigenvalue weighted by molar-refractivity contribution is -0.138. The lowest BCUT2D eigenvalue weighted by atomic mass is 9.88. The summed E-state index contributed by atoms with van der Waals surface area (Å²) in [4.78, 5) is 14.3. The van der Waals surface area contributed by atoms with Crippen LogP contribution in [0.4, 0.5) is 4.39 Å². The van der Waals surface area contributed by atoms with Gasteiger partial charge in [-0.15, -0.1) is 0 Å². The van der Waals surface area contributed by atoms with Crippen molar-refractivity contribution >= 4 is 5.91 Å². The number of halogens is 1. The number of piperidine rings is 1. The maximum absolute atomic E-state index is 13.1. The summed E-state index contributed by atoms with van der Waals surface area (Å²) in [5.74, 6) is -0.260. The molecular weight excluding hydrogens is 243 g/mol. The van der Waals surface area contributed by atoms with Crippen molar-refractivity contribution in [2.24, 2.45) is 5.73 Å². The molecule has 0 bridgehead atoms. The van der Waals surface area contributed by atoms with Crippen LogP contribution < -0.4 is 5.73 Å². The van der Waals surface area contributed by atoms with Crippen LogP contribution in [0.1, 0.15) is 31.7 Å². The van der Waals surface area contributed by atoms with Crippen LogP contribution in [0.2, 0.25) is 0 Å². The first-order chi connectivity index (χ1) is 9.05. The minimum absolute atomic E-state index is 0.0400. The van der Waals surface area contributed by atoms with Gasteiger partial charge in [-0.25, -0.2) is 4.39 Å². The molecule has 2 rings (SSSR count). The van der Waals surface area contributed by atoms with E-state index in [1.807, 2.05) is 11.8 Å². The summed E-state index contributed by atoms with van der Waals surface area (Å²) in [6.45, 7) is 3.26. The molecule has 1 amide bonds. The topological polar surface area (TPSA) is 46.3 Å². The Morgan fingerprint density at radius 2 is 2.26 bits per heavy atom. The van der Waals surface area contributed by atoms with Crippen molar-refractivity contribution in [2.45, 2.75) is 38.1 Å². The first-order valence-electron chi connectivity index (χ1n) is 6.80. The van der Waals surface area contributed by atoms with E-state index in [1.165, 1.54) is 12.1 Å². The number of carbonyl (C=O) groups is 1. The van der Waals surface area contributed by atoms with Crippen LogP contribution in [0.3, 0.4) is 0 Å². The van der Waals surface area contributed by atoms with E-state index in [-0.39, 0.29) is 23.7 Å². The fraction of sp³-hybridized carbons (Fsp3) is 0.533. The summed E-state index contributed by atoms with van der Waals surface area (Å²) in [5.41, 5.74) is 6.30. The average molecular weight is 264 g/mol. The lowest BCUT2D eigenvalue weighted by Crippen LogP contribution is -2.57. The molecule has 0 radical (unpaired) electrons. The van der Waals surface area contributed by atoms with E-state index in [1.54, 1.807) is 12.1 Å². The highest BCUT2D eigenvalue weighted by Gasteiger charge is 2.35. The molecule has 0 aromatic heterocycles. The monoisotopic (exact) mass is 264 g/mol. The number of carbonyl (C=O) groups excluding carboxylic acids is 1. The average Bonchev–Trinajstić information content (AvgIpc) is 2.39. The molecule has 1 saturated heterocycles. The van der Waals surface area contributed by atoms with Crippen LogP contribution in [0, 0.1) is 5.82 Å². The highest BCUT2D eigenvalue weighted by Crippen LogP contribution is 2.27. The first kappa shape index (κ1) is 14.0. The van der Waals surface area contributed by atoms with Crippen LogP contribution in [0.15, 0.2) is 24.3 Å². The Morgan fingerprint density at radius 3 is 2.95 bits per heavy atom. The Hall–Kier alpha value is -1.42. The van der Waals surface area contributed by atoms with E-state index in [9.17, 15) is 9.18 Å². The summed E-state index contributed by atoms with van der Waals surface area (Å²) >= 11 is 0. The maximum atomic E-state index is 13.1. The summed E-state index contributed by atoms with van der Waals surface area (Å²) in [7, 11) is 0. The van der Waals surface area contributed by atoms with Gasteiger partial charge in [-0.1, -0.05) is 12.1 Å². The Balaban J connectivity index is 2.10. The van der Waals surface area contributed by atoms with Crippen LogP contribution in [-0.2, 0) is 11.2 Å². The third-order valence-electron chi connectivity index (χ3n) is 3.98. The van der Waals surface area contributed by atoms with Crippen LogP contribution >= 0.6 is 0 Å². The third-order valence-corrected chi connectivity index (χ3v) is 3.98. The van der Waals surface area contributed by atoms with Crippen LogP contribution in [0.5, 0.6) is 0 Å². The van der Waals surface area contributed by atoms with E-state index >= 15 is 0 Å². The van der Waals surface area contributed by atoms with Gasteiger partial charge in [-0.3, -0.25) is 4.79 Å². The van der Waals surface area contributed by atoms with Gasteiger partial charge in [0.15, 0.2) is 0 Å². The SMILES string of the molecule is CC1(CN)CCCCN1C(=O)Cc1cccc(F)c1. The molecule has 4 heteroatoms. The highest BCUT2D eigenvalue weighted by atomic mass is 19.1. The summed E-state index contributed by atoms with van der Waals surface area (Å²) in [6.07, 6.45) is 3.31. The molecule has 0 spiro atoms. The second-order valence-electron chi connectivity index (χ2n) is 5.51. The first-order valence-corrected chi connectivity index (χ1v) is 6.80. The Morgan fingerprint density at radius 1 is 1.47 bits per heavy atom. The minimum Gasteiger partial charge on any atom is -0.336 e. The predicted octanol–water partition coefficient (Wildman–Crippen LogP) is 2.10. The van der Waals surface area contributed by atoms with E-state index in [0.29, 0.717) is 6.54 Å². The van der Waals surface area contributed by atoms with Crippen LogP contribution in [-0.4, -0.2) is 29.4 Å². The molecule has 1 atom stereocenters. The van der Waals surface area contributed by atoms with Crippen molar-refractivity contribution in [3.63, 3.8) is 0 Å². The van der Waals surface area contributed by atoms with Gasteiger partial charge in [0.05, 0.1) is 12.0 Å².